The van der Waals surface area contributed by atoms with Gasteiger partial charge in [0.15, 0.2) is 0 Å². The van der Waals surface area contributed by atoms with Crippen LogP contribution in [0.5, 0.6) is 0 Å². The Bertz CT molecular complexity index is 767. The number of rotatable bonds is 4. The van der Waals surface area contributed by atoms with Crippen LogP contribution in [0.1, 0.15) is 35.2 Å². The number of hydrogen-bond acceptors (Lipinski definition) is 4. The maximum absolute atomic E-state index is 13.0. The summed E-state index contributed by atoms with van der Waals surface area (Å²) in [6, 6.07) is 7.79. The zero-order chi connectivity index (χ0) is 17.9. The molecule has 1 saturated heterocycles. The molecule has 1 unspecified atom stereocenters. The van der Waals surface area contributed by atoms with Crippen LogP contribution in [0.2, 0.25) is 0 Å². The Labute approximate surface area is 154 Å². The molecule has 4 rings (SSSR count). The number of para-hydroxylation sites is 1. The Morgan fingerprint density at radius 1 is 1.15 bits per heavy atom. The van der Waals surface area contributed by atoms with Crippen LogP contribution in [-0.4, -0.2) is 58.0 Å². The molecule has 0 saturated carbocycles. The summed E-state index contributed by atoms with van der Waals surface area (Å²) in [5.74, 6) is -0.0968. The number of fused-ring (bicyclic) bond motifs is 1. The lowest BCUT2D eigenvalue weighted by Gasteiger charge is -2.32. The van der Waals surface area contributed by atoms with Crippen molar-refractivity contribution in [2.45, 2.75) is 38.3 Å². The minimum absolute atomic E-state index is 0.0968. The molecule has 1 N–H and O–H groups in total. The highest BCUT2D eigenvalue weighted by Gasteiger charge is 2.28. The van der Waals surface area contributed by atoms with E-state index < -0.39 is 6.10 Å². The predicted octanol–water partition coefficient (Wildman–Crippen LogP) is 1.93. The summed E-state index contributed by atoms with van der Waals surface area (Å²) >= 11 is 0. The van der Waals surface area contributed by atoms with Gasteiger partial charge < -0.3 is 14.9 Å². The van der Waals surface area contributed by atoms with Gasteiger partial charge in [0.2, 0.25) is 0 Å². The second-order valence-electron chi connectivity index (χ2n) is 7.30. The third-order valence-corrected chi connectivity index (χ3v) is 5.35. The van der Waals surface area contributed by atoms with Crippen molar-refractivity contribution in [2.75, 3.05) is 31.1 Å². The highest BCUT2D eigenvalue weighted by molar-refractivity contribution is 6.06. The minimum atomic E-state index is -0.525. The number of aromatic nitrogens is 2. The number of carbonyl (C=O) groups is 1. The fourth-order valence-electron chi connectivity index (χ4n) is 3.95. The van der Waals surface area contributed by atoms with Crippen LogP contribution in [0.4, 0.5) is 5.69 Å². The molecule has 1 atom stereocenters. The molecule has 0 spiro atoms. The first-order valence-corrected chi connectivity index (χ1v) is 9.53. The second-order valence-corrected chi connectivity index (χ2v) is 7.30. The highest BCUT2D eigenvalue weighted by Crippen LogP contribution is 2.28. The summed E-state index contributed by atoms with van der Waals surface area (Å²) in [7, 11) is 0. The lowest BCUT2D eigenvalue weighted by Crippen LogP contribution is -2.42. The first-order chi connectivity index (χ1) is 12.7. The molecule has 6 nitrogen and oxygen atoms in total. The maximum atomic E-state index is 13.0. The van der Waals surface area contributed by atoms with Gasteiger partial charge in [-0.15, -0.1) is 0 Å². The van der Waals surface area contributed by atoms with Crippen molar-refractivity contribution in [3.8, 4) is 0 Å². The largest absolute Gasteiger partial charge is 0.391 e. The quantitative estimate of drug-likeness (QED) is 0.911. The third kappa shape index (κ3) is 3.66. The molecule has 2 aliphatic rings. The van der Waals surface area contributed by atoms with E-state index in [1.165, 1.54) is 19.3 Å². The highest BCUT2D eigenvalue weighted by atomic mass is 16.3. The maximum Gasteiger partial charge on any atom is 0.261 e. The van der Waals surface area contributed by atoms with E-state index in [-0.39, 0.29) is 5.91 Å². The van der Waals surface area contributed by atoms with Crippen molar-refractivity contribution >= 4 is 11.6 Å². The molecule has 1 aromatic carbocycles. The number of anilines is 1. The first kappa shape index (κ1) is 17.2. The van der Waals surface area contributed by atoms with Gasteiger partial charge in [-0.3, -0.25) is 9.48 Å². The Morgan fingerprint density at radius 3 is 2.81 bits per heavy atom. The molecule has 1 fully saturated rings. The molecule has 2 aromatic rings. The van der Waals surface area contributed by atoms with Crippen LogP contribution < -0.4 is 4.90 Å². The molecule has 0 bridgehead atoms. The van der Waals surface area contributed by atoms with Crippen molar-refractivity contribution in [3.05, 3.63) is 47.8 Å². The molecular weight excluding hydrogens is 328 g/mol. The summed E-state index contributed by atoms with van der Waals surface area (Å²) in [5, 5.41) is 14.5. The standard InChI is InChI=1S/C20H26N4O2/c25-18-12-16-6-2-3-7-19(16)24(15-18)20(26)17-13-21-23(14-17)11-10-22-8-4-1-5-9-22/h2-3,6-7,13-14,18,25H,1,4-5,8-12,15H2. The molecule has 138 valence electrons. The Morgan fingerprint density at radius 2 is 1.96 bits per heavy atom. The van der Waals surface area contributed by atoms with Gasteiger partial charge in [0.05, 0.1) is 31.0 Å². The summed E-state index contributed by atoms with van der Waals surface area (Å²) in [4.78, 5) is 17.1. The van der Waals surface area contributed by atoms with Gasteiger partial charge in [0, 0.05) is 24.8 Å². The van der Waals surface area contributed by atoms with E-state index in [2.05, 4.69) is 10.00 Å². The zero-order valence-corrected chi connectivity index (χ0v) is 15.0. The number of amides is 1. The van der Waals surface area contributed by atoms with Crippen molar-refractivity contribution in [1.29, 1.82) is 0 Å². The van der Waals surface area contributed by atoms with E-state index >= 15 is 0 Å². The molecule has 2 aliphatic heterocycles. The number of carbonyl (C=O) groups excluding carboxylic acids is 1. The summed E-state index contributed by atoms with van der Waals surface area (Å²) in [5.41, 5.74) is 2.48. The summed E-state index contributed by atoms with van der Waals surface area (Å²) < 4.78 is 1.86. The first-order valence-electron chi connectivity index (χ1n) is 9.53. The molecule has 26 heavy (non-hydrogen) atoms. The molecular formula is C20H26N4O2. The van der Waals surface area contributed by atoms with Gasteiger partial charge in [-0.1, -0.05) is 24.6 Å². The van der Waals surface area contributed by atoms with Crippen LogP contribution in [0.3, 0.4) is 0 Å². The Balaban J connectivity index is 1.45. The lowest BCUT2D eigenvalue weighted by atomic mass is 9.99. The van der Waals surface area contributed by atoms with Crippen molar-refractivity contribution < 1.29 is 9.90 Å². The van der Waals surface area contributed by atoms with Crippen molar-refractivity contribution in [2.24, 2.45) is 0 Å². The monoisotopic (exact) mass is 354 g/mol. The van der Waals surface area contributed by atoms with E-state index in [9.17, 15) is 9.90 Å². The number of likely N-dealkylation sites (tertiary alicyclic amines) is 1. The number of aliphatic hydroxyl groups excluding tert-OH is 1. The van der Waals surface area contributed by atoms with Crippen LogP contribution >= 0.6 is 0 Å². The topological polar surface area (TPSA) is 61.6 Å². The molecule has 1 amide bonds. The van der Waals surface area contributed by atoms with Gasteiger partial charge in [0.25, 0.3) is 5.91 Å². The average Bonchev–Trinajstić information content (AvgIpc) is 3.15. The molecule has 3 heterocycles. The molecule has 6 heteroatoms. The van der Waals surface area contributed by atoms with E-state index in [1.54, 1.807) is 11.1 Å². The number of benzene rings is 1. The Hall–Kier alpha value is -2.18. The van der Waals surface area contributed by atoms with Gasteiger partial charge in [-0.2, -0.15) is 5.10 Å². The summed E-state index contributed by atoms with van der Waals surface area (Å²) in [6.07, 6.45) is 7.43. The number of nitrogens with zero attached hydrogens (tertiary/aromatic N) is 4. The van der Waals surface area contributed by atoms with Crippen molar-refractivity contribution in [3.63, 3.8) is 0 Å². The minimum Gasteiger partial charge on any atom is -0.391 e. The average molecular weight is 354 g/mol. The smallest absolute Gasteiger partial charge is 0.261 e. The van der Waals surface area contributed by atoms with E-state index in [4.69, 9.17) is 0 Å². The van der Waals surface area contributed by atoms with Gasteiger partial charge in [-0.05, 0) is 37.6 Å². The number of hydrogen-bond donors (Lipinski definition) is 1. The SMILES string of the molecule is O=C(c1cnn(CCN2CCCCC2)c1)N1CC(O)Cc2ccccc21. The van der Waals surface area contributed by atoms with Crippen LogP contribution in [0, 0.1) is 0 Å². The normalized spacial score (nSPS) is 20.8. The van der Waals surface area contributed by atoms with Gasteiger partial charge in [-0.25, -0.2) is 0 Å². The second kappa shape index (κ2) is 7.60. The van der Waals surface area contributed by atoms with E-state index in [1.807, 2.05) is 35.1 Å². The third-order valence-electron chi connectivity index (χ3n) is 5.35. The number of piperidine rings is 1. The van der Waals surface area contributed by atoms with Crippen molar-refractivity contribution in [1.82, 2.24) is 14.7 Å². The molecule has 0 radical (unpaired) electrons. The van der Waals surface area contributed by atoms with Gasteiger partial charge in [0.1, 0.15) is 0 Å². The van der Waals surface area contributed by atoms with Gasteiger partial charge >= 0.3 is 0 Å². The molecule has 0 aliphatic carbocycles. The van der Waals surface area contributed by atoms with Crippen LogP contribution in [-0.2, 0) is 13.0 Å². The summed E-state index contributed by atoms with van der Waals surface area (Å²) in [6.45, 7) is 4.42. The van der Waals surface area contributed by atoms with E-state index in [0.29, 0.717) is 18.5 Å². The fraction of sp³-hybridized carbons (Fsp3) is 0.500. The number of aliphatic hydroxyl groups is 1. The van der Waals surface area contributed by atoms with Crippen LogP contribution in [0.15, 0.2) is 36.7 Å². The predicted molar refractivity (Wildman–Crippen MR) is 100 cm³/mol. The number of β-amino-alcohol motifs (C(OH)–C–C–N with tert-alkyl or cyclic N) is 1. The lowest BCUT2D eigenvalue weighted by molar-refractivity contribution is 0.0954. The zero-order valence-electron chi connectivity index (χ0n) is 15.0. The molecule has 1 aromatic heterocycles. The van der Waals surface area contributed by atoms with Crippen LogP contribution in [0.25, 0.3) is 0 Å². The fourth-order valence-corrected chi connectivity index (χ4v) is 3.95. The van der Waals surface area contributed by atoms with E-state index in [0.717, 1.165) is 37.4 Å². The Kier molecular flexibility index (Phi) is 5.04.